The molecule has 2 rings (SSSR count). The summed E-state index contributed by atoms with van der Waals surface area (Å²) in [6.45, 7) is 2.97. The molecule has 2 aliphatic rings. The maximum absolute atomic E-state index is 12.3. The van der Waals surface area contributed by atoms with Crippen LogP contribution in [-0.2, 0) is 4.79 Å². The van der Waals surface area contributed by atoms with Crippen LogP contribution in [0.1, 0.15) is 45.4 Å². The van der Waals surface area contributed by atoms with Gasteiger partial charge in [-0.25, -0.2) is 0 Å². The number of hydrogen-bond acceptors (Lipinski definition) is 3. The van der Waals surface area contributed by atoms with Crippen molar-refractivity contribution in [1.29, 1.82) is 5.26 Å². The summed E-state index contributed by atoms with van der Waals surface area (Å²) in [4.78, 5) is 12.3. The van der Waals surface area contributed by atoms with Crippen LogP contribution in [-0.4, -0.2) is 24.0 Å². The van der Waals surface area contributed by atoms with Crippen LogP contribution >= 0.6 is 0 Å². The summed E-state index contributed by atoms with van der Waals surface area (Å²) in [6, 6.07) is 2.37. The van der Waals surface area contributed by atoms with E-state index in [0.717, 1.165) is 45.1 Å². The van der Waals surface area contributed by atoms with Gasteiger partial charge in [0.1, 0.15) is 0 Å². The molecule has 1 saturated heterocycles. The first-order valence-corrected chi connectivity index (χ1v) is 6.67. The Bertz CT molecular complexity index is 328. The largest absolute Gasteiger partial charge is 0.350 e. The molecule has 3 atom stereocenters. The molecule has 1 heterocycles. The maximum atomic E-state index is 12.3. The average molecular weight is 235 g/mol. The second kappa shape index (κ2) is 5.05. The summed E-state index contributed by atoms with van der Waals surface area (Å²) in [5.74, 6) is 0.110. The smallest absolute Gasteiger partial charge is 0.240 e. The molecule has 0 aromatic heterocycles. The zero-order chi connectivity index (χ0) is 12.3. The predicted molar refractivity (Wildman–Crippen MR) is 65.1 cm³/mol. The summed E-state index contributed by atoms with van der Waals surface area (Å²) < 4.78 is 0. The van der Waals surface area contributed by atoms with E-state index < -0.39 is 0 Å². The van der Waals surface area contributed by atoms with Crippen molar-refractivity contribution in [3.8, 4) is 6.07 Å². The fourth-order valence-corrected chi connectivity index (χ4v) is 3.06. The van der Waals surface area contributed by atoms with Crippen LogP contribution in [0.25, 0.3) is 0 Å². The van der Waals surface area contributed by atoms with Gasteiger partial charge in [0, 0.05) is 6.04 Å². The normalized spacial score (nSPS) is 36.7. The highest BCUT2D eigenvalue weighted by atomic mass is 16.2. The van der Waals surface area contributed by atoms with Gasteiger partial charge >= 0.3 is 0 Å². The molecule has 0 radical (unpaired) electrons. The Balaban J connectivity index is 1.99. The lowest BCUT2D eigenvalue weighted by Crippen LogP contribution is -2.55. The van der Waals surface area contributed by atoms with Gasteiger partial charge in [-0.3, -0.25) is 4.79 Å². The van der Waals surface area contributed by atoms with Crippen molar-refractivity contribution in [2.45, 2.75) is 57.0 Å². The zero-order valence-electron chi connectivity index (χ0n) is 10.5. The minimum atomic E-state index is -0.372. The fourth-order valence-electron chi connectivity index (χ4n) is 3.06. The van der Waals surface area contributed by atoms with Gasteiger partial charge in [0.05, 0.1) is 17.5 Å². The van der Waals surface area contributed by atoms with Crippen LogP contribution in [0.4, 0.5) is 0 Å². The molecule has 17 heavy (non-hydrogen) atoms. The molecule has 0 bridgehead atoms. The second-order valence-electron chi connectivity index (χ2n) is 5.21. The lowest BCUT2D eigenvalue weighted by Gasteiger charge is -2.29. The Kier molecular flexibility index (Phi) is 3.68. The van der Waals surface area contributed by atoms with Gasteiger partial charge in [0.2, 0.25) is 5.91 Å². The monoisotopic (exact) mass is 235 g/mol. The standard InChI is InChI=1S/C13H21N3O/c1-2-13(7-4-8-15-13)12(17)16-11-6-3-5-10(11)9-14/h10-11,15H,2-8H2,1H3,(H,16,17). The summed E-state index contributed by atoms with van der Waals surface area (Å²) in [5.41, 5.74) is -0.372. The van der Waals surface area contributed by atoms with E-state index in [1.807, 2.05) is 6.92 Å². The topological polar surface area (TPSA) is 64.9 Å². The van der Waals surface area contributed by atoms with Gasteiger partial charge in [-0.15, -0.1) is 0 Å². The zero-order valence-corrected chi connectivity index (χ0v) is 10.5. The Hall–Kier alpha value is -1.08. The van der Waals surface area contributed by atoms with Crippen LogP contribution in [0.5, 0.6) is 0 Å². The molecule has 2 N–H and O–H groups in total. The van der Waals surface area contributed by atoms with Crippen LogP contribution in [0.2, 0.25) is 0 Å². The Labute approximate surface area is 103 Å². The third-order valence-electron chi connectivity index (χ3n) is 4.28. The van der Waals surface area contributed by atoms with Crippen molar-refractivity contribution < 1.29 is 4.79 Å². The van der Waals surface area contributed by atoms with Crippen LogP contribution in [0.15, 0.2) is 0 Å². The van der Waals surface area contributed by atoms with Gasteiger partial charge in [-0.1, -0.05) is 6.92 Å². The summed E-state index contributed by atoms with van der Waals surface area (Å²) in [5, 5.41) is 15.4. The van der Waals surface area contributed by atoms with E-state index in [4.69, 9.17) is 5.26 Å². The van der Waals surface area contributed by atoms with E-state index in [0.29, 0.717) is 0 Å². The highest BCUT2D eigenvalue weighted by Crippen LogP contribution is 2.28. The lowest BCUT2D eigenvalue weighted by atomic mass is 9.92. The molecule has 1 aliphatic carbocycles. The van der Waals surface area contributed by atoms with Gasteiger partial charge in [0.25, 0.3) is 0 Å². The highest BCUT2D eigenvalue weighted by molar-refractivity contribution is 5.87. The fraction of sp³-hybridized carbons (Fsp3) is 0.846. The first-order valence-electron chi connectivity index (χ1n) is 6.67. The number of nitrogens with zero attached hydrogens (tertiary/aromatic N) is 1. The van der Waals surface area contributed by atoms with Gasteiger partial charge < -0.3 is 10.6 Å². The molecule has 1 aliphatic heterocycles. The minimum absolute atomic E-state index is 0.00857. The average Bonchev–Trinajstić information content (AvgIpc) is 2.97. The van der Waals surface area contributed by atoms with Crippen LogP contribution in [0.3, 0.4) is 0 Å². The van der Waals surface area contributed by atoms with E-state index in [9.17, 15) is 4.79 Å². The number of amides is 1. The molecular weight excluding hydrogens is 214 g/mol. The molecule has 0 aromatic carbocycles. The van der Waals surface area contributed by atoms with Crippen molar-refractivity contribution in [2.24, 2.45) is 5.92 Å². The molecular formula is C13H21N3O. The number of rotatable bonds is 3. The second-order valence-corrected chi connectivity index (χ2v) is 5.21. The Morgan fingerprint density at radius 2 is 2.35 bits per heavy atom. The number of nitriles is 1. The quantitative estimate of drug-likeness (QED) is 0.775. The summed E-state index contributed by atoms with van der Waals surface area (Å²) >= 11 is 0. The third kappa shape index (κ3) is 2.30. The molecule has 3 unspecified atom stereocenters. The summed E-state index contributed by atoms with van der Waals surface area (Å²) in [7, 11) is 0. The van der Waals surface area contributed by atoms with E-state index in [1.54, 1.807) is 0 Å². The maximum Gasteiger partial charge on any atom is 0.240 e. The molecule has 1 saturated carbocycles. The van der Waals surface area contributed by atoms with Crippen LogP contribution in [0, 0.1) is 17.2 Å². The third-order valence-corrected chi connectivity index (χ3v) is 4.28. The van der Waals surface area contributed by atoms with Crippen molar-refractivity contribution in [1.82, 2.24) is 10.6 Å². The predicted octanol–water partition coefficient (Wildman–Crippen LogP) is 1.33. The first kappa shape index (κ1) is 12.4. The summed E-state index contributed by atoms with van der Waals surface area (Å²) in [6.07, 6.45) is 5.73. The van der Waals surface area contributed by atoms with Crippen molar-refractivity contribution in [3.05, 3.63) is 0 Å². The van der Waals surface area contributed by atoms with Crippen molar-refractivity contribution in [2.75, 3.05) is 6.54 Å². The van der Waals surface area contributed by atoms with Gasteiger partial charge in [0.15, 0.2) is 0 Å². The molecule has 4 nitrogen and oxygen atoms in total. The Morgan fingerprint density at radius 1 is 1.53 bits per heavy atom. The first-order chi connectivity index (χ1) is 8.22. The molecule has 1 amide bonds. The van der Waals surface area contributed by atoms with Gasteiger partial charge in [-0.2, -0.15) is 5.26 Å². The van der Waals surface area contributed by atoms with E-state index in [-0.39, 0.29) is 23.4 Å². The number of hydrogen-bond donors (Lipinski definition) is 2. The van der Waals surface area contributed by atoms with Gasteiger partial charge in [-0.05, 0) is 45.1 Å². The molecule has 2 fully saturated rings. The van der Waals surface area contributed by atoms with Crippen molar-refractivity contribution in [3.63, 3.8) is 0 Å². The molecule has 4 heteroatoms. The van der Waals surface area contributed by atoms with E-state index in [1.165, 1.54) is 0 Å². The SMILES string of the molecule is CCC1(C(=O)NC2CCCC2C#N)CCCN1. The van der Waals surface area contributed by atoms with E-state index >= 15 is 0 Å². The molecule has 0 spiro atoms. The van der Waals surface area contributed by atoms with Crippen LogP contribution < -0.4 is 10.6 Å². The number of carbonyl (C=O) groups excluding carboxylic acids is 1. The van der Waals surface area contributed by atoms with Crippen molar-refractivity contribution >= 4 is 5.91 Å². The lowest BCUT2D eigenvalue weighted by molar-refractivity contribution is -0.128. The number of carbonyl (C=O) groups is 1. The minimum Gasteiger partial charge on any atom is -0.350 e. The number of nitrogens with one attached hydrogen (secondary N) is 2. The highest BCUT2D eigenvalue weighted by Gasteiger charge is 2.41. The molecule has 0 aromatic rings. The molecule has 94 valence electrons. The van der Waals surface area contributed by atoms with E-state index in [2.05, 4.69) is 16.7 Å². The Morgan fingerprint density at radius 3 is 2.94 bits per heavy atom.